The molecule has 3 aromatic heterocycles. The third kappa shape index (κ3) is 4.05. The molecule has 30 heavy (non-hydrogen) atoms. The molecule has 0 saturated carbocycles. The summed E-state index contributed by atoms with van der Waals surface area (Å²) in [4.78, 5) is 28.1. The predicted molar refractivity (Wildman–Crippen MR) is 112 cm³/mol. The van der Waals surface area contributed by atoms with Crippen molar-refractivity contribution in [2.75, 3.05) is 0 Å². The van der Waals surface area contributed by atoms with Crippen molar-refractivity contribution < 1.29 is 13.6 Å². The van der Waals surface area contributed by atoms with E-state index in [9.17, 15) is 9.59 Å². The van der Waals surface area contributed by atoms with Crippen LogP contribution in [0.5, 0.6) is 0 Å². The lowest BCUT2D eigenvalue weighted by Crippen LogP contribution is -2.34. The third-order valence-corrected chi connectivity index (χ3v) is 4.75. The first-order chi connectivity index (χ1) is 14.5. The number of benzene rings is 1. The van der Waals surface area contributed by atoms with Crippen LogP contribution in [0.15, 0.2) is 74.7 Å². The quantitative estimate of drug-likeness (QED) is 0.463. The summed E-state index contributed by atoms with van der Waals surface area (Å²) in [6.45, 7) is 4.95. The highest BCUT2D eigenvalue weighted by Gasteiger charge is 2.24. The van der Waals surface area contributed by atoms with E-state index in [0.717, 1.165) is 0 Å². The lowest BCUT2D eigenvalue weighted by Gasteiger charge is -2.21. The Morgan fingerprint density at radius 3 is 2.10 bits per heavy atom. The molecular weight excluding hydrogens is 382 g/mol. The van der Waals surface area contributed by atoms with Crippen LogP contribution in [0.3, 0.4) is 0 Å². The molecule has 7 heteroatoms. The van der Waals surface area contributed by atoms with Crippen molar-refractivity contribution in [3.05, 3.63) is 88.6 Å². The second-order valence-electron chi connectivity index (χ2n) is 7.60. The third-order valence-electron chi connectivity index (χ3n) is 4.75. The molecule has 7 nitrogen and oxygen atoms in total. The van der Waals surface area contributed by atoms with Crippen molar-refractivity contribution >= 4 is 16.7 Å². The van der Waals surface area contributed by atoms with Gasteiger partial charge in [-0.25, -0.2) is 4.68 Å². The maximum atomic E-state index is 13.6. The Morgan fingerprint density at radius 1 is 0.967 bits per heavy atom. The van der Waals surface area contributed by atoms with Gasteiger partial charge in [0, 0.05) is 11.9 Å². The molecule has 0 spiro atoms. The molecular formula is C23H23N3O4. The normalized spacial score (nSPS) is 11.3. The first-order valence-corrected chi connectivity index (χ1v) is 9.87. The van der Waals surface area contributed by atoms with Crippen LogP contribution in [-0.4, -0.2) is 20.6 Å². The zero-order valence-electron chi connectivity index (χ0n) is 16.9. The maximum Gasteiger partial charge on any atom is 0.275 e. The Labute approximate surface area is 173 Å². The number of hydrogen-bond donors (Lipinski definition) is 0. The van der Waals surface area contributed by atoms with E-state index < -0.39 is 0 Å². The van der Waals surface area contributed by atoms with E-state index in [0.29, 0.717) is 28.8 Å². The molecule has 1 amide bonds. The highest BCUT2D eigenvalue weighted by Crippen LogP contribution is 2.19. The molecule has 0 atom stereocenters. The molecule has 4 aromatic rings. The smallest absolute Gasteiger partial charge is 0.275 e. The number of furan rings is 2. The summed E-state index contributed by atoms with van der Waals surface area (Å²) in [5, 5.41) is 5.49. The fraction of sp³-hybridized carbons (Fsp3) is 0.261. The first-order valence-electron chi connectivity index (χ1n) is 9.87. The van der Waals surface area contributed by atoms with Gasteiger partial charge in [-0.1, -0.05) is 32.0 Å². The minimum absolute atomic E-state index is 0.195. The highest BCUT2D eigenvalue weighted by molar-refractivity contribution is 6.04. The number of carbonyl (C=O) groups is 1. The summed E-state index contributed by atoms with van der Waals surface area (Å²) in [5.41, 5.74) is 0.0448. The molecule has 0 aliphatic rings. The summed E-state index contributed by atoms with van der Waals surface area (Å²) in [7, 11) is 0. The van der Waals surface area contributed by atoms with Crippen molar-refractivity contribution in [2.45, 2.75) is 33.5 Å². The highest BCUT2D eigenvalue weighted by atomic mass is 16.3. The Bertz CT molecular complexity index is 1150. The molecule has 0 aliphatic heterocycles. The van der Waals surface area contributed by atoms with Crippen LogP contribution in [0.2, 0.25) is 0 Å². The molecule has 154 valence electrons. The lowest BCUT2D eigenvalue weighted by molar-refractivity contribution is 0.0698. The van der Waals surface area contributed by atoms with Crippen LogP contribution in [0.4, 0.5) is 0 Å². The number of fused-ring (bicyclic) bond motifs is 1. The van der Waals surface area contributed by atoms with Gasteiger partial charge in [0.05, 0.1) is 31.0 Å². The van der Waals surface area contributed by atoms with E-state index in [1.165, 1.54) is 4.68 Å². The van der Waals surface area contributed by atoms with Gasteiger partial charge in [0.25, 0.3) is 11.5 Å². The van der Waals surface area contributed by atoms with E-state index in [4.69, 9.17) is 8.83 Å². The van der Waals surface area contributed by atoms with Crippen LogP contribution in [0.1, 0.15) is 35.9 Å². The van der Waals surface area contributed by atoms with Crippen LogP contribution >= 0.6 is 0 Å². The molecule has 0 fully saturated rings. The maximum absolute atomic E-state index is 13.6. The topological polar surface area (TPSA) is 81.5 Å². The number of rotatable bonds is 7. The molecule has 0 radical (unpaired) electrons. The fourth-order valence-electron chi connectivity index (χ4n) is 3.39. The number of hydrogen-bond acceptors (Lipinski definition) is 5. The van der Waals surface area contributed by atoms with E-state index in [-0.39, 0.29) is 36.2 Å². The zero-order chi connectivity index (χ0) is 21.1. The first kappa shape index (κ1) is 19.7. The average molecular weight is 405 g/mol. The second kappa shape index (κ2) is 8.41. The van der Waals surface area contributed by atoms with Crippen LogP contribution in [-0.2, 0) is 19.6 Å². The number of aromatic nitrogens is 2. The van der Waals surface area contributed by atoms with E-state index >= 15 is 0 Å². The van der Waals surface area contributed by atoms with Gasteiger partial charge >= 0.3 is 0 Å². The van der Waals surface area contributed by atoms with Crippen molar-refractivity contribution in [1.29, 1.82) is 0 Å². The molecule has 0 unspecified atom stereocenters. The molecule has 1 aromatic carbocycles. The van der Waals surface area contributed by atoms with Crippen molar-refractivity contribution in [2.24, 2.45) is 5.92 Å². The fourth-order valence-corrected chi connectivity index (χ4v) is 3.39. The van der Waals surface area contributed by atoms with Crippen molar-refractivity contribution in [3.8, 4) is 0 Å². The molecule has 4 rings (SSSR count). The minimum atomic E-state index is -0.295. The zero-order valence-corrected chi connectivity index (χ0v) is 16.9. The second-order valence-corrected chi connectivity index (χ2v) is 7.60. The Balaban J connectivity index is 1.80. The van der Waals surface area contributed by atoms with Crippen LogP contribution in [0, 0.1) is 5.92 Å². The van der Waals surface area contributed by atoms with Gasteiger partial charge in [-0.15, -0.1) is 0 Å². The Kier molecular flexibility index (Phi) is 5.52. The Morgan fingerprint density at radius 2 is 1.57 bits per heavy atom. The summed E-state index contributed by atoms with van der Waals surface area (Å²) in [5.74, 6) is 1.21. The van der Waals surface area contributed by atoms with Gasteiger partial charge in [0.15, 0.2) is 5.69 Å². The van der Waals surface area contributed by atoms with Gasteiger partial charge < -0.3 is 13.7 Å². The van der Waals surface area contributed by atoms with Crippen LogP contribution in [0.25, 0.3) is 10.8 Å². The van der Waals surface area contributed by atoms with Gasteiger partial charge in [-0.2, -0.15) is 5.10 Å². The van der Waals surface area contributed by atoms with Crippen molar-refractivity contribution in [1.82, 2.24) is 14.7 Å². The van der Waals surface area contributed by atoms with Gasteiger partial charge in [-0.05, 0) is 36.2 Å². The summed E-state index contributed by atoms with van der Waals surface area (Å²) >= 11 is 0. The van der Waals surface area contributed by atoms with E-state index in [1.807, 2.05) is 26.0 Å². The largest absolute Gasteiger partial charge is 0.467 e. The molecule has 3 heterocycles. The van der Waals surface area contributed by atoms with E-state index in [1.54, 1.807) is 53.8 Å². The molecule has 0 N–H and O–H groups in total. The monoisotopic (exact) mass is 405 g/mol. The van der Waals surface area contributed by atoms with Crippen LogP contribution < -0.4 is 5.56 Å². The van der Waals surface area contributed by atoms with E-state index in [2.05, 4.69) is 5.10 Å². The average Bonchev–Trinajstić information content (AvgIpc) is 3.43. The summed E-state index contributed by atoms with van der Waals surface area (Å²) in [6, 6.07) is 14.3. The summed E-state index contributed by atoms with van der Waals surface area (Å²) in [6.07, 6.45) is 3.14. The van der Waals surface area contributed by atoms with Gasteiger partial charge in [-0.3, -0.25) is 9.59 Å². The number of amides is 1. The minimum Gasteiger partial charge on any atom is -0.467 e. The number of carbonyl (C=O) groups excluding carboxylic acids is 1. The lowest BCUT2D eigenvalue weighted by atomic mass is 10.1. The molecule has 0 saturated heterocycles. The van der Waals surface area contributed by atoms with Crippen molar-refractivity contribution in [3.63, 3.8) is 0 Å². The standard InChI is InChI=1S/C23H23N3O4/c1-16(2)13-26-22(27)20-10-4-3-9-19(20)21(24-26)23(28)25(14-17-7-5-11-29-17)15-18-8-6-12-30-18/h3-12,16H,13-15H2,1-2H3. The molecule has 0 aliphatic carbocycles. The Hall–Kier alpha value is -3.61. The van der Waals surface area contributed by atoms with Gasteiger partial charge in [0.1, 0.15) is 11.5 Å². The predicted octanol–water partition coefficient (Wildman–Crippen LogP) is 4.08. The van der Waals surface area contributed by atoms with Gasteiger partial charge in [0.2, 0.25) is 0 Å². The summed E-state index contributed by atoms with van der Waals surface area (Å²) < 4.78 is 12.3. The number of nitrogens with zero attached hydrogens (tertiary/aromatic N) is 3. The SMILES string of the molecule is CC(C)Cn1nc(C(=O)N(Cc2ccco2)Cc2ccco2)c2ccccc2c1=O. The molecule has 0 bridgehead atoms.